The fraction of sp³-hybridized carbons (Fsp3) is 0.455. The number of hydrogen-bond donors (Lipinski definition) is 0. The van der Waals surface area contributed by atoms with Crippen LogP contribution in [0.15, 0.2) is 24.3 Å². The lowest BCUT2D eigenvalue weighted by Crippen LogP contribution is -2.10. The van der Waals surface area contributed by atoms with Crippen LogP contribution in [-0.2, 0) is 11.2 Å². The molecule has 1 nitrogen and oxygen atoms in total. The molecule has 1 aromatic rings. The SMILES string of the molecule is CO[C@H]1CCCc2ccccc21. The zero-order valence-electron chi connectivity index (χ0n) is 7.42. The minimum atomic E-state index is 0.343. The monoisotopic (exact) mass is 162 g/mol. The zero-order chi connectivity index (χ0) is 8.39. The first kappa shape index (κ1) is 7.81. The number of hydrogen-bond acceptors (Lipinski definition) is 1. The van der Waals surface area contributed by atoms with Gasteiger partial charge in [0, 0.05) is 7.11 Å². The highest BCUT2D eigenvalue weighted by Crippen LogP contribution is 2.31. The van der Waals surface area contributed by atoms with Gasteiger partial charge in [0.1, 0.15) is 0 Å². The smallest absolute Gasteiger partial charge is 0.0823 e. The minimum Gasteiger partial charge on any atom is -0.377 e. The number of aryl methyl sites for hydroxylation is 1. The van der Waals surface area contributed by atoms with Crippen molar-refractivity contribution in [3.8, 4) is 0 Å². The van der Waals surface area contributed by atoms with E-state index in [4.69, 9.17) is 4.74 Å². The van der Waals surface area contributed by atoms with Crippen LogP contribution in [0.5, 0.6) is 0 Å². The Morgan fingerprint density at radius 2 is 2.17 bits per heavy atom. The summed E-state index contributed by atoms with van der Waals surface area (Å²) in [6.07, 6.45) is 3.99. The lowest BCUT2D eigenvalue weighted by atomic mass is 9.89. The normalized spacial score (nSPS) is 21.9. The van der Waals surface area contributed by atoms with Crippen LogP contribution >= 0.6 is 0 Å². The maximum Gasteiger partial charge on any atom is 0.0823 e. The third-order valence-electron chi connectivity index (χ3n) is 2.60. The van der Waals surface area contributed by atoms with E-state index in [1.807, 2.05) is 0 Å². The van der Waals surface area contributed by atoms with Crippen molar-refractivity contribution in [1.29, 1.82) is 0 Å². The Bertz CT molecular complexity index is 267. The van der Waals surface area contributed by atoms with Gasteiger partial charge in [-0.15, -0.1) is 0 Å². The molecule has 1 atom stereocenters. The van der Waals surface area contributed by atoms with E-state index in [0.717, 1.165) is 0 Å². The summed E-state index contributed by atoms with van der Waals surface area (Å²) >= 11 is 0. The molecule has 0 N–H and O–H groups in total. The topological polar surface area (TPSA) is 9.23 Å². The average molecular weight is 162 g/mol. The van der Waals surface area contributed by atoms with E-state index >= 15 is 0 Å². The summed E-state index contributed by atoms with van der Waals surface area (Å²) in [7, 11) is 1.80. The van der Waals surface area contributed by atoms with Crippen molar-refractivity contribution in [3.05, 3.63) is 35.4 Å². The maximum absolute atomic E-state index is 5.42. The Hall–Kier alpha value is -0.820. The number of benzene rings is 1. The molecule has 64 valence electrons. The van der Waals surface area contributed by atoms with Crippen LogP contribution in [0.3, 0.4) is 0 Å². The molecule has 1 aliphatic rings. The lowest BCUT2D eigenvalue weighted by molar-refractivity contribution is 0.0881. The number of rotatable bonds is 1. The van der Waals surface area contributed by atoms with Crippen molar-refractivity contribution in [2.45, 2.75) is 25.4 Å². The van der Waals surface area contributed by atoms with Crippen molar-refractivity contribution in [3.63, 3.8) is 0 Å². The first-order valence-corrected chi connectivity index (χ1v) is 4.52. The molecule has 0 unspecified atom stereocenters. The van der Waals surface area contributed by atoms with E-state index in [2.05, 4.69) is 24.3 Å². The van der Waals surface area contributed by atoms with E-state index in [0.29, 0.717) is 6.10 Å². The van der Waals surface area contributed by atoms with Gasteiger partial charge < -0.3 is 4.74 Å². The third kappa shape index (κ3) is 1.25. The van der Waals surface area contributed by atoms with Crippen LogP contribution < -0.4 is 0 Å². The van der Waals surface area contributed by atoms with Crippen molar-refractivity contribution in [2.75, 3.05) is 7.11 Å². The molecule has 0 heterocycles. The molecule has 0 amide bonds. The van der Waals surface area contributed by atoms with Gasteiger partial charge >= 0.3 is 0 Å². The third-order valence-corrected chi connectivity index (χ3v) is 2.60. The Morgan fingerprint density at radius 1 is 1.33 bits per heavy atom. The second kappa shape index (κ2) is 3.28. The Kier molecular flexibility index (Phi) is 2.13. The highest BCUT2D eigenvalue weighted by molar-refractivity contribution is 5.31. The lowest BCUT2D eigenvalue weighted by Gasteiger charge is -2.23. The standard InChI is InChI=1S/C11H14O/c1-12-11-8-4-6-9-5-2-3-7-10(9)11/h2-3,5,7,11H,4,6,8H2,1H3/t11-/m0/s1. The van der Waals surface area contributed by atoms with Gasteiger partial charge in [0.25, 0.3) is 0 Å². The fourth-order valence-corrected chi connectivity index (χ4v) is 1.95. The predicted molar refractivity (Wildman–Crippen MR) is 49.1 cm³/mol. The Balaban J connectivity index is 2.37. The van der Waals surface area contributed by atoms with Crippen LogP contribution in [0.1, 0.15) is 30.1 Å². The summed E-state index contributed by atoms with van der Waals surface area (Å²) in [6, 6.07) is 8.59. The van der Waals surface area contributed by atoms with Crippen LogP contribution in [-0.4, -0.2) is 7.11 Å². The quantitative estimate of drug-likeness (QED) is 0.617. The molecule has 0 bridgehead atoms. The molecule has 1 heteroatoms. The fourth-order valence-electron chi connectivity index (χ4n) is 1.95. The first-order valence-electron chi connectivity index (χ1n) is 4.52. The summed E-state index contributed by atoms with van der Waals surface area (Å²) in [6.45, 7) is 0. The number of ether oxygens (including phenoxy) is 1. The van der Waals surface area contributed by atoms with Gasteiger partial charge in [-0.2, -0.15) is 0 Å². The summed E-state index contributed by atoms with van der Waals surface area (Å²) in [5.74, 6) is 0. The number of fused-ring (bicyclic) bond motifs is 1. The van der Waals surface area contributed by atoms with Gasteiger partial charge in [0.05, 0.1) is 6.10 Å². The van der Waals surface area contributed by atoms with E-state index in [9.17, 15) is 0 Å². The Morgan fingerprint density at radius 3 is 3.00 bits per heavy atom. The summed E-state index contributed by atoms with van der Waals surface area (Å²) in [4.78, 5) is 0. The molecule has 0 saturated carbocycles. The molecule has 12 heavy (non-hydrogen) atoms. The van der Waals surface area contributed by atoms with Crippen molar-refractivity contribution >= 4 is 0 Å². The molecule has 0 radical (unpaired) electrons. The van der Waals surface area contributed by atoms with Gasteiger partial charge in [0.2, 0.25) is 0 Å². The van der Waals surface area contributed by atoms with Crippen molar-refractivity contribution in [2.24, 2.45) is 0 Å². The minimum absolute atomic E-state index is 0.343. The molecule has 0 spiro atoms. The maximum atomic E-state index is 5.42. The molecule has 2 rings (SSSR count). The van der Waals surface area contributed by atoms with Gasteiger partial charge in [-0.05, 0) is 30.4 Å². The molecular formula is C11H14O. The first-order chi connectivity index (χ1) is 5.92. The second-order valence-electron chi connectivity index (χ2n) is 3.32. The summed E-state index contributed by atoms with van der Waals surface area (Å²) < 4.78 is 5.42. The molecule has 0 saturated heterocycles. The zero-order valence-corrected chi connectivity index (χ0v) is 7.42. The van der Waals surface area contributed by atoms with Gasteiger partial charge in [-0.25, -0.2) is 0 Å². The molecule has 1 aliphatic carbocycles. The van der Waals surface area contributed by atoms with E-state index in [1.165, 1.54) is 30.4 Å². The van der Waals surface area contributed by atoms with Gasteiger partial charge in [-0.3, -0.25) is 0 Å². The Labute approximate surface area is 73.4 Å². The summed E-state index contributed by atoms with van der Waals surface area (Å²) in [5.41, 5.74) is 2.86. The van der Waals surface area contributed by atoms with Gasteiger partial charge in [0.15, 0.2) is 0 Å². The second-order valence-corrected chi connectivity index (χ2v) is 3.32. The molecule has 1 aromatic carbocycles. The average Bonchev–Trinajstić information content (AvgIpc) is 2.17. The number of methoxy groups -OCH3 is 1. The summed E-state index contributed by atoms with van der Waals surface area (Å²) in [5, 5.41) is 0. The predicted octanol–water partition coefficient (Wildman–Crippen LogP) is 2.71. The van der Waals surface area contributed by atoms with E-state index in [-0.39, 0.29) is 0 Å². The van der Waals surface area contributed by atoms with E-state index in [1.54, 1.807) is 7.11 Å². The van der Waals surface area contributed by atoms with Crippen LogP contribution in [0.2, 0.25) is 0 Å². The molecular weight excluding hydrogens is 148 g/mol. The van der Waals surface area contributed by atoms with E-state index < -0.39 is 0 Å². The highest BCUT2D eigenvalue weighted by Gasteiger charge is 2.18. The van der Waals surface area contributed by atoms with Crippen LogP contribution in [0.4, 0.5) is 0 Å². The van der Waals surface area contributed by atoms with Crippen LogP contribution in [0, 0.1) is 0 Å². The largest absolute Gasteiger partial charge is 0.377 e. The van der Waals surface area contributed by atoms with Crippen LogP contribution in [0.25, 0.3) is 0 Å². The van der Waals surface area contributed by atoms with Crippen molar-refractivity contribution in [1.82, 2.24) is 0 Å². The molecule has 0 aromatic heterocycles. The molecule has 0 aliphatic heterocycles. The molecule has 0 fully saturated rings. The highest BCUT2D eigenvalue weighted by atomic mass is 16.5. The van der Waals surface area contributed by atoms with Gasteiger partial charge in [-0.1, -0.05) is 24.3 Å². The van der Waals surface area contributed by atoms with Crippen molar-refractivity contribution < 1.29 is 4.74 Å².